The number of carbonyl (C=O) groups is 3. The van der Waals surface area contributed by atoms with Gasteiger partial charge in [-0.15, -0.1) is 0 Å². The summed E-state index contributed by atoms with van der Waals surface area (Å²) in [5, 5.41) is 0. The molecule has 0 heterocycles. The van der Waals surface area contributed by atoms with Crippen molar-refractivity contribution in [3.8, 4) is 0 Å². The van der Waals surface area contributed by atoms with Gasteiger partial charge in [0.25, 0.3) is 0 Å². The molecule has 0 aliphatic carbocycles. The molecule has 0 N–H and O–H groups in total. The summed E-state index contributed by atoms with van der Waals surface area (Å²) in [7, 11) is 0. The Bertz CT molecular complexity index is 1230. The number of hydrogen-bond donors (Lipinski definition) is 0. The predicted molar refractivity (Wildman–Crippen MR) is 279 cm³/mol. The molecular formula is C59H102O6. The van der Waals surface area contributed by atoms with E-state index in [1.165, 1.54) is 128 Å². The summed E-state index contributed by atoms with van der Waals surface area (Å²) in [5.41, 5.74) is 0. The number of hydrogen-bond acceptors (Lipinski definition) is 6. The molecule has 6 nitrogen and oxygen atoms in total. The summed E-state index contributed by atoms with van der Waals surface area (Å²) < 4.78 is 16.8. The van der Waals surface area contributed by atoms with E-state index in [0.29, 0.717) is 19.3 Å². The molecule has 0 amide bonds. The van der Waals surface area contributed by atoms with Gasteiger partial charge in [-0.1, -0.05) is 235 Å². The van der Waals surface area contributed by atoms with Crippen LogP contribution in [0.3, 0.4) is 0 Å². The van der Waals surface area contributed by atoms with Gasteiger partial charge in [-0.2, -0.15) is 0 Å². The topological polar surface area (TPSA) is 78.9 Å². The van der Waals surface area contributed by atoms with Gasteiger partial charge in [0.05, 0.1) is 0 Å². The number of unbranched alkanes of at least 4 members (excludes halogenated alkanes) is 26. The van der Waals surface area contributed by atoms with Gasteiger partial charge < -0.3 is 14.2 Å². The van der Waals surface area contributed by atoms with Crippen LogP contribution in [0.15, 0.2) is 72.9 Å². The first-order valence-corrected chi connectivity index (χ1v) is 27.4. The second-order valence-electron chi connectivity index (χ2n) is 18.1. The lowest BCUT2D eigenvalue weighted by Gasteiger charge is -2.18. The van der Waals surface area contributed by atoms with Crippen molar-refractivity contribution in [2.24, 2.45) is 0 Å². The van der Waals surface area contributed by atoms with Gasteiger partial charge >= 0.3 is 17.9 Å². The fraction of sp³-hybridized carbons (Fsp3) is 0.746. The number of esters is 3. The highest BCUT2D eigenvalue weighted by Gasteiger charge is 2.19. The normalized spacial score (nSPS) is 12.6. The predicted octanol–water partition coefficient (Wildman–Crippen LogP) is 18.2. The lowest BCUT2D eigenvalue weighted by molar-refractivity contribution is -0.167. The van der Waals surface area contributed by atoms with Gasteiger partial charge in [0.2, 0.25) is 0 Å². The molecule has 0 aliphatic heterocycles. The van der Waals surface area contributed by atoms with Gasteiger partial charge in [-0.25, -0.2) is 0 Å². The van der Waals surface area contributed by atoms with Crippen LogP contribution in [0.1, 0.15) is 265 Å². The first kappa shape index (κ1) is 61.9. The fourth-order valence-corrected chi connectivity index (χ4v) is 7.59. The zero-order chi connectivity index (χ0) is 47.2. The second-order valence-corrected chi connectivity index (χ2v) is 18.1. The second kappa shape index (κ2) is 53.5. The summed E-state index contributed by atoms with van der Waals surface area (Å²) in [6, 6.07) is 0. The average molecular weight is 907 g/mol. The van der Waals surface area contributed by atoms with Crippen molar-refractivity contribution in [2.45, 2.75) is 271 Å². The van der Waals surface area contributed by atoms with E-state index in [1.807, 2.05) is 0 Å². The van der Waals surface area contributed by atoms with Crippen molar-refractivity contribution in [3.63, 3.8) is 0 Å². The molecule has 374 valence electrons. The summed E-state index contributed by atoms with van der Waals surface area (Å²) in [5.74, 6) is -0.966. The van der Waals surface area contributed by atoms with Crippen molar-refractivity contribution in [1.82, 2.24) is 0 Å². The summed E-state index contributed by atoms with van der Waals surface area (Å²) in [4.78, 5) is 38.0. The van der Waals surface area contributed by atoms with Crippen LogP contribution in [-0.4, -0.2) is 37.2 Å². The Morgan fingerprint density at radius 2 is 0.615 bits per heavy atom. The zero-order valence-electron chi connectivity index (χ0n) is 42.7. The molecule has 0 saturated carbocycles. The highest BCUT2D eigenvalue weighted by molar-refractivity contribution is 5.71. The molecule has 6 heteroatoms. The highest BCUT2D eigenvalue weighted by atomic mass is 16.6. The Labute approximate surface area is 402 Å². The SMILES string of the molecule is CC/C=C\C/C=C\C/C=C\C/C=C\C/C=C\CCCC(=O)OCC(COC(=O)CCCCC/C=C\CCCCCCCCC)OC(=O)CCCCCCCCCCCCCCCCCC. The van der Waals surface area contributed by atoms with Gasteiger partial charge in [0.1, 0.15) is 13.2 Å². The van der Waals surface area contributed by atoms with E-state index < -0.39 is 6.10 Å². The fourth-order valence-electron chi connectivity index (χ4n) is 7.59. The lowest BCUT2D eigenvalue weighted by Crippen LogP contribution is -2.30. The van der Waals surface area contributed by atoms with Crippen LogP contribution in [0.5, 0.6) is 0 Å². The minimum atomic E-state index is -0.802. The van der Waals surface area contributed by atoms with Crippen LogP contribution in [-0.2, 0) is 28.6 Å². The maximum atomic E-state index is 12.8. The van der Waals surface area contributed by atoms with Crippen molar-refractivity contribution >= 4 is 17.9 Å². The summed E-state index contributed by atoms with van der Waals surface area (Å²) >= 11 is 0. The van der Waals surface area contributed by atoms with Gasteiger partial charge in [-0.05, 0) is 83.5 Å². The van der Waals surface area contributed by atoms with E-state index in [4.69, 9.17) is 14.2 Å². The number of ether oxygens (including phenoxy) is 3. The van der Waals surface area contributed by atoms with Crippen LogP contribution in [0.2, 0.25) is 0 Å². The van der Waals surface area contributed by atoms with Crippen LogP contribution >= 0.6 is 0 Å². The Balaban J connectivity index is 4.47. The molecule has 0 aromatic heterocycles. The molecule has 65 heavy (non-hydrogen) atoms. The minimum Gasteiger partial charge on any atom is -0.462 e. The van der Waals surface area contributed by atoms with E-state index in [0.717, 1.165) is 89.9 Å². The van der Waals surface area contributed by atoms with Gasteiger partial charge in [-0.3, -0.25) is 14.4 Å². The molecule has 0 rings (SSSR count). The maximum absolute atomic E-state index is 12.8. The Morgan fingerprint density at radius 3 is 1.03 bits per heavy atom. The molecule has 1 atom stereocenters. The lowest BCUT2D eigenvalue weighted by atomic mass is 10.0. The summed E-state index contributed by atoms with van der Waals surface area (Å²) in [6.45, 7) is 6.48. The molecule has 0 aliphatic rings. The molecule has 0 bridgehead atoms. The summed E-state index contributed by atoms with van der Waals surface area (Å²) in [6.07, 6.45) is 67.5. The maximum Gasteiger partial charge on any atom is 0.306 e. The minimum absolute atomic E-state index is 0.0990. The number of rotatable bonds is 49. The Hall–Kier alpha value is -3.15. The third-order valence-electron chi connectivity index (χ3n) is 11.7. The molecule has 0 aromatic rings. The Morgan fingerprint density at radius 1 is 0.323 bits per heavy atom. The van der Waals surface area contributed by atoms with Crippen molar-refractivity contribution in [3.05, 3.63) is 72.9 Å². The third kappa shape index (κ3) is 51.7. The molecule has 0 fully saturated rings. The molecule has 1 unspecified atom stereocenters. The Kier molecular flexibility index (Phi) is 50.9. The highest BCUT2D eigenvalue weighted by Crippen LogP contribution is 2.15. The van der Waals surface area contributed by atoms with Crippen molar-refractivity contribution in [2.75, 3.05) is 13.2 Å². The molecule has 0 aromatic carbocycles. The molecule has 0 radical (unpaired) electrons. The quantitative estimate of drug-likeness (QED) is 0.0262. The molecule has 0 saturated heterocycles. The standard InChI is InChI=1S/C59H102O6/c1-4-7-10-13-16-19-22-25-28-30-32-34-37-40-43-46-49-52-58(61)64-55-56(54-63-57(60)51-48-45-42-39-36-33-27-24-21-18-15-12-9-6-3)65-59(62)53-50-47-44-41-38-35-31-29-26-23-20-17-14-11-8-5-2/h7,10,16,19,25,28,32-34,36,40,43,56H,4-6,8-9,11-15,17-18,20-24,26-27,29-31,35,37-39,41-42,44-55H2,1-3H3/b10-7-,19-16-,28-25-,34-32-,36-33-,43-40-. The van der Waals surface area contributed by atoms with Gasteiger partial charge in [0, 0.05) is 19.3 Å². The largest absolute Gasteiger partial charge is 0.462 e. The van der Waals surface area contributed by atoms with E-state index >= 15 is 0 Å². The first-order valence-electron chi connectivity index (χ1n) is 27.4. The van der Waals surface area contributed by atoms with Crippen molar-refractivity contribution < 1.29 is 28.6 Å². The smallest absolute Gasteiger partial charge is 0.306 e. The third-order valence-corrected chi connectivity index (χ3v) is 11.7. The van der Waals surface area contributed by atoms with Crippen LogP contribution in [0, 0.1) is 0 Å². The average Bonchev–Trinajstić information content (AvgIpc) is 3.30. The van der Waals surface area contributed by atoms with Crippen LogP contribution in [0.4, 0.5) is 0 Å². The first-order chi connectivity index (χ1) is 32.0. The van der Waals surface area contributed by atoms with Gasteiger partial charge in [0.15, 0.2) is 6.10 Å². The van der Waals surface area contributed by atoms with Crippen molar-refractivity contribution in [1.29, 1.82) is 0 Å². The molecular weight excluding hydrogens is 805 g/mol. The van der Waals surface area contributed by atoms with E-state index in [9.17, 15) is 14.4 Å². The molecule has 0 spiro atoms. The van der Waals surface area contributed by atoms with Crippen LogP contribution < -0.4 is 0 Å². The van der Waals surface area contributed by atoms with E-state index in [-0.39, 0.29) is 37.5 Å². The van der Waals surface area contributed by atoms with E-state index in [1.54, 1.807) is 0 Å². The zero-order valence-corrected chi connectivity index (χ0v) is 42.7. The monoisotopic (exact) mass is 907 g/mol. The number of carbonyl (C=O) groups excluding carboxylic acids is 3. The number of allylic oxidation sites excluding steroid dienone is 12. The van der Waals surface area contributed by atoms with Crippen LogP contribution in [0.25, 0.3) is 0 Å². The van der Waals surface area contributed by atoms with E-state index in [2.05, 4.69) is 93.7 Å².